The van der Waals surface area contributed by atoms with Gasteiger partial charge in [-0.3, -0.25) is 39.7 Å². The van der Waals surface area contributed by atoms with Gasteiger partial charge in [-0.1, -0.05) is 34.5 Å². The number of hydrogen-bond donors (Lipinski definition) is 2. The minimum absolute atomic E-state index is 0.0979. The lowest BCUT2D eigenvalue weighted by Crippen LogP contribution is -2.43. The molecule has 2 aromatic rings. The summed E-state index contributed by atoms with van der Waals surface area (Å²) in [6, 6.07) is 13.3. The van der Waals surface area contributed by atoms with Gasteiger partial charge >= 0.3 is 5.97 Å². The van der Waals surface area contributed by atoms with Crippen molar-refractivity contribution in [3.05, 3.63) is 69.7 Å². The molecule has 10 heteroatoms. The summed E-state index contributed by atoms with van der Waals surface area (Å²) in [7, 11) is 0. The number of benzene rings is 2. The van der Waals surface area contributed by atoms with Crippen LogP contribution in [0.2, 0.25) is 0 Å². The van der Waals surface area contributed by atoms with Crippen molar-refractivity contribution >= 4 is 45.5 Å². The number of halogens is 1. The lowest BCUT2D eigenvalue weighted by atomic mass is 10.1. The zero-order valence-electron chi connectivity index (χ0n) is 17.6. The summed E-state index contributed by atoms with van der Waals surface area (Å²) < 4.78 is 5.70. The van der Waals surface area contributed by atoms with Crippen LogP contribution in [-0.4, -0.2) is 47.6 Å². The van der Waals surface area contributed by atoms with E-state index in [-0.39, 0.29) is 24.8 Å². The largest absolute Gasteiger partial charge is 0.455 e. The van der Waals surface area contributed by atoms with Crippen molar-refractivity contribution in [2.24, 2.45) is 0 Å². The number of nitrogens with one attached hydrogen (secondary N) is 2. The van der Waals surface area contributed by atoms with Gasteiger partial charge in [-0.2, -0.15) is 0 Å². The Morgan fingerprint density at radius 2 is 1.48 bits per heavy atom. The molecule has 0 saturated carbocycles. The summed E-state index contributed by atoms with van der Waals surface area (Å²) in [6.07, 6.45) is 1.75. The molecule has 0 bridgehead atoms. The predicted octanol–water partition coefficient (Wildman–Crippen LogP) is 2.61. The lowest BCUT2D eigenvalue weighted by Gasteiger charge is -2.13. The van der Waals surface area contributed by atoms with Crippen LogP contribution in [0.3, 0.4) is 0 Å². The fourth-order valence-electron chi connectivity index (χ4n) is 3.21. The van der Waals surface area contributed by atoms with Crippen molar-refractivity contribution in [3.63, 3.8) is 0 Å². The first-order valence-corrected chi connectivity index (χ1v) is 11.1. The van der Waals surface area contributed by atoms with Crippen molar-refractivity contribution in [1.82, 2.24) is 15.8 Å². The van der Waals surface area contributed by atoms with Gasteiger partial charge in [0.15, 0.2) is 6.61 Å². The standard InChI is InChI=1S/C23H22BrN3O6/c24-16-11-9-15(10-12-16)21(30)26-25-19(28)14-33-20(29)8-2-1-5-13-27-22(31)17-6-3-4-7-18(17)23(27)32/h3-4,6-7,9-12H,1-2,5,8,13-14H2,(H,25,28)(H,26,30). The van der Waals surface area contributed by atoms with E-state index in [0.29, 0.717) is 36.0 Å². The van der Waals surface area contributed by atoms with E-state index in [1.54, 1.807) is 48.5 Å². The zero-order chi connectivity index (χ0) is 23.8. The first kappa shape index (κ1) is 24.1. The Bertz CT molecular complexity index is 1040. The summed E-state index contributed by atoms with van der Waals surface area (Å²) in [6.45, 7) is -0.240. The van der Waals surface area contributed by atoms with Gasteiger partial charge in [0.1, 0.15) is 0 Å². The molecule has 1 aliphatic heterocycles. The Balaban J connectivity index is 1.27. The highest BCUT2D eigenvalue weighted by Crippen LogP contribution is 2.22. The van der Waals surface area contributed by atoms with Gasteiger partial charge in [0.25, 0.3) is 23.6 Å². The monoisotopic (exact) mass is 515 g/mol. The molecule has 0 atom stereocenters. The van der Waals surface area contributed by atoms with Crippen molar-refractivity contribution in [1.29, 1.82) is 0 Å². The first-order valence-electron chi connectivity index (χ1n) is 10.3. The SMILES string of the molecule is O=C(COC(=O)CCCCCN1C(=O)c2ccccc2C1=O)NNC(=O)c1ccc(Br)cc1. The van der Waals surface area contributed by atoms with E-state index in [9.17, 15) is 24.0 Å². The number of ether oxygens (including phenoxy) is 1. The summed E-state index contributed by atoms with van der Waals surface area (Å²) >= 11 is 3.26. The van der Waals surface area contributed by atoms with Gasteiger partial charge in [-0.15, -0.1) is 0 Å². The summed E-state index contributed by atoms with van der Waals surface area (Å²) in [5.74, 6) is -2.31. The summed E-state index contributed by atoms with van der Waals surface area (Å²) in [5.41, 5.74) is 5.60. The van der Waals surface area contributed by atoms with Gasteiger partial charge in [-0.05, 0) is 49.2 Å². The molecule has 33 heavy (non-hydrogen) atoms. The molecule has 0 radical (unpaired) electrons. The molecular formula is C23H22BrN3O6. The smallest absolute Gasteiger partial charge is 0.306 e. The van der Waals surface area contributed by atoms with Gasteiger partial charge in [0, 0.05) is 23.0 Å². The fourth-order valence-corrected chi connectivity index (χ4v) is 3.48. The number of esters is 1. The highest BCUT2D eigenvalue weighted by Gasteiger charge is 2.34. The van der Waals surface area contributed by atoms with Crippen molar-refractivity contribution in [2.75, 3.05) is 13.2 Å². The third-order valence-electron chi connectivity index (χ3n) is 4.93. The minimum atomic E-state index is -0.667. The van der Waals surface area contributed by atoms with E-state index >= 15 is 0 Å². The number of carbonyl (C=O) groups excluding carboxylic acids is 5. The lowest BCUT2D eigenvalue weighted by molar-refractivity contribution is -0.148. The molecule has 2 N–H and O–H groups in total. The van der Waals surface area contributed by atoms with Gasteiger partial charge in [0.2, 0.25) is 0 Å². The maximum absolute atomic E-state index is 12.3. The molecule has 1 heterocycles. The minimum Gasteiger partial charge on any atom is -0.455 e. The number of fused-ring (bicyclic) bond motifs is 1. The molecule has 0 unspecified atom stereocenters. The number of imide groups is 1. The second-order valence-electron chi connectivity index (χ2n) is 7.29. The van der Waals surface area contributed by atoms with Crippen molar-refractivity contribution in [3.8, 4) is 0 Å². The average molecular weight is 516 g/mol. The first-order chi connectivity index (χ1) is 15.9. The quantitative estimate of drug-likeness (QED) is 0.229. The van der Waals surface area contributed by atoms with Crippen LogP contribution in [0.15, 0.2) is 53.0 Å². The molecule has 2 aromatic carbocycles. The fraction of sp³-hybridized carbons (Fsp3) is 0.261. The number of hydrogen-bond acceptors (Lipinski definition) is 6. The molecule has 0 saturated heterocycles. The molecule has 3 rings (SSSR count). The van der Waals surface area contributed by atoms with Gasteiger partial charge < -0.3 is 4.74 Å². The molecule has 9 nitrogen and oxygen atoms in total. The van der Waals surface area contributed by atoms with Crippen LogP contribution in [0.1, 0.15) is 56.8 Å². The molecule has 1 aliphatic rings. The number of unbranched alkanes of at least 4 members (excludes halogenated alkanes) is 2. The third-order valence-corrected chi connectivity index (χ3v) is 5.46. The number of carbonyl (C=O) groups is 5. The summed E-state index contributed by atoms with van der Waals surface area (Å²) in [5, 5.41) is 0. The predicted molar refractivity (Wildman–Crippen MR) is 121 cm³/mol. The Morgan fingerprint density at radius 1 is 0.848 bits per heavy atom. The molecule has 0 spiro atoms. The van der Waals surface area contributed by atoms with Crippen LogP contribution in [0.4, 0.5) is 0 Å². The van der Waals surface area contributed by atoms with E-state index < -0.39 is 24.4 Å². The maximum Gasteiger partial charge on any atom is 0.306 e. The number of nitrogens with zero attached hydrogens (tertiary/aromatic N) is 1. The molecule has 0 aliphatic carbocycles. The molecule has 0 fully saturated rings. The van der Waals surface area contributed by atoms with Crippen LogP contribution in [-0.2, 0) is 14.3 Å². The van der Waals surface area contributed by atoms with Gasteiger partial charge in [-0.25, -0.2) is 0 Å². The topological polar surface area (TPSA) is 122 Å². The third kappa shape index (κ3) is 6.48. The van der Waals surface area contributed by atoms with E-state index in [2.05, 4.69) is 26.8 Å². The number of hydrazine groups is 1. The highest BCUT2D eigenvalue weighted by atomic mass is 79.9. The molecular weight excluding hydrogens is 494 g/mol. The number of rotatable bonds is 9. The molecule has 0 aromatic heterocycles. The maximum atomic E-state index is 12.3. The van der Waals surface area contributed by atoms with Gasteiger partial charge in [0.05, 0.1) is 11.1 Å². The van der Waals surface area contributed by atoms with E-state index in [1.807, 2.05) is 0 Å². The van der Waals surface area contributed by atoms with Crippen LogP contribution >= 0.6 is 15.9 Å². The Kier molecular flexibility index (Phi) is 8.31. The van der Waals surface area contributed by atoms with Crippen LogP contribution in [0, 0.1) is 0 Å². The Hall–Kier alpha value is -3.53. The second kappa shape index (κ2) is 11.4. The second-order valence-corrected chi connectivity index (χ2v) is 8.20. The highest BCUT2D eigenvalue weighted by molar-refractivity contribution is 9.10. The molecule has 4 amide bonds. The van der Waals surface area contributed by atoms with Crippen LogP contribution in [0.5, 0.6) is 0 Å². The van der Waals surface area contributed by atoms with Crippen molar-refractivity contribution < 1.29 is 28.7 Å². The average Bonchev–Trinajstić information content (AvgIpc) is 3.06. The van der Waals surface area contributed by atoms with Crippen LogP contribution in [0.25, 0.3) is 0 Å². The zero-order valence-corrected chi connectivity index (χ0v) is 19.2. The molecule has 172 valence electrons. The van der Waals surface area contributed by atoms with E-state index in [0.717, 1.165) is 4.47 Å². The van der Waals surface area contributed by atoms with Crippen LogP contribution < -0.4 is 10.9 Å². The van der Waals surface area contributed by atoms with E-state index in [4.69, 9.17) is 4.74 Å². The normalized spacial score (nSPS) is 12.3. The Labute approximate surface area is 198 Å². The Morgan fingerprint density at radius 3 is 2.12 bits per heavy atom. The number of amides is 4. The van der Waals surface area contributed by atoms with E-state index in [1.165, 1.54) is 4.90 Å². The van der Waals surface area contributed by atoms with Crippen molar-refractivity contribution in [2.45, 2.75) is 25.7 Å². The summed E-state index contributed by atoms with van der Waals surface area (Å²) in [4.78, 5) is 61.2.